The number of carbonyl (C=O) groups is 1. The molecule has 2 aromatic carbocycles. The molecule has 0 aliphatic rings. The summed E-state index contributed by atoms with van der Waals surface area (Å²) < 4.78 is 37.0. The number of anilines is 1. The minimum Gasteiger partial charge on any atom is -0.497 e. The van der Waals surface area contributed by atoms with E-state index in [1.165, 1.54) is 13.2 Å². The van der Waals surface area contributed by atoms with E-state index in [1.807, 2.05) is 0 Å². The van der Waals surface area contributed by atoms with E-state index in [2.05, 4.69) is 16.2 Å². The van der Waals surface area contributed by atoms with Crippen molar-refractivity contribution in [3.63, 3.8) is 0 Å². The van der Waals surface area contributed by atoms with Gasteiger partial charge in [-0.2, -0.15) is 0 Å². The second-order valence-electron chi connectivity index (χ2n) is 5.13. The molecule has 3 N–H and O–H groups in total. The van der Waals surface area contributed by atoms with E-state index in [0.29, 0.717) is 17.6 Å². The Morgan fingerprint density at radius 3 is 2.54 bits per heavy atom. The minimum atomic E-state index is -0.833. The molecule has 2 rings (SSSR count). The Hall–Kier alpha value is -2.94. The van der Waals surface area contributed by atoms with Crippen LogP contribution in [0.15, 0.2) is 42.5 Å². The molecule has 0 saturated heterocycles. The fourth-order valence-electron chi connectivity index (χ4n) is 1.90. The molecule has 1 amide bonds. The highest BCUT2D eigenvalue weighted by Gasteiger charge is 2.15. The lowest BCUT2D eigenvalue weighted by Crippen LogP contribution is -2.48. The maximum atomic E-state index is 13.5. The number of hydrogen-bond donors (Lipinski definition) is 3. The molecule has 26 heavy (non-hydrogen) atoms. The number of halogens is 2. The van der Waals surface area contributed by atoms with Crippen LogP contribution in [0.4, 0.5) is 14.5 Å². The number of ether oxygens (including phenoxy) is 2. The van der Waals surface area contributed by atoms with Gasteiger partial charge in [0.1, 0.15) is 23.1 Å². The zero-order valence-electron chi connectivity index (χ0n) is 14.0. The van der Waals surface area contributed by atoms with Crippen LogP contribution in [0.1, 0.15) is 6.92 Å². The number of hydrazine groups is 1. The van der Waals surface area contributed by atoms with Crippen LogP contribution in [-0.2, 0) is 4.79 Å². The number of hydrogen-bond acceptors (Lipinski definition) is 4. The highest BCUT2D eigenvalue weighted by molar-refractivity contribution is 7.80. The molecule has 6 nitrogen and oxygen atoms in total. The number of benzene rings is 2. The van der Waals surface area contributed by atoms with Crippen LogP contribution in [0.25, 0.3) is 0 Å². The predicted molar refractivity (Wildman–Crippen MR) is 96.9 cm³/mol. The molecule has 0 fully saturated rings. The normalized spacial score (nSPS) is 11.2. The molecule has 0 saturated carbocycles. The standard InChI is InChI=1S/C17H17F2N3O3S/c1-10(25-13-5-3-4-12(9-13)24-2)16(23)21-22-17(26)20-15-7-6-11(18)8-14(15)19/h3-10H,1-2H3,(H,21,23)(H2,20,22,26)/t10-/m0/s1. The summed E-state index contributed by atoms with van der Waals surface area (Å²) in [5, 5.41) is 2.43. The first-order chi connectivity index (χ1) is 12.4. The lowest BCUT2D eigenvalue weighted by molar-refractivity contribution is -0.127. The topological polar surface area (TPSA) is 71.6 Å². The van der Waals surface area contributed by atoms with Crippen molar-refractivity contribution in [1.82, 2.24) is 10.9 Å². The van der Waals surface area contributed by atoms with Gasteiger partial charge in [0.2, 0.25) is 0 Å². The van der Waals surface area contributed by atoms with Gasteiger partial charge in [-0.25, -0.2) is 8.78 Å². The van der Waals surface area contributed by atoms with Crippen molar-refractivity contribution in [3.05, 3.63) is 54.1 Å². The molecule has 0 unspecified atom stereocenters. The molecule has 138 valence electrons. The summed E-state index contributed by atoms with van der Waals surface area (Å²) in [6, 6.07) is 9.79. The number of amides is 1. The Labute approximate surface area is 154 Å². The fourth-order valence-corrected chi connectivity index (χ4v) is 2.06. The number of methoxy groups -OCH3 is 1. The summed E-state index contributed by atoms with van der Waals surface area (Å²) in [5.74, 6) is -0.962. The molecule has 9 heteroatoms. The Balaban J connectivity index is 1.83. The van der Waals surface area contributed by atoms with Crippen molar-refractivity contribution in [2.75, 3.05) is 12.4 Å². The third kappa shape index (κ3) is 5.55. The van der Waals surface area contributed by atoms with E-state index < -0.39 is 23.6 Å². The average molecular weight is 381 g/mol. The summed E-state index contributed by atoms with van der Waals surface area (Å²) in [5.41, 5.74) is 4.73. The van der Waals surface area contributed by atoms with Crippen molar-refractivity contribution in [2.45, 2.75) is 13.0 Å². The fraction of sp³-hybridized carbons (Fsp3) is 0.176. The van der Waals surface area contributed by atoms with Gasteiger partial charge in [-0.05, 0) is 43.4 Å². The highest BCUT2D eigenvalue weighted by Crippen LogP contribution is 2.20. The molecular formula is C17H17F2N3O3S. The Kier molecular flexibility index (Phi) is 6.67. The number of thiocarbonyl (C=S) groups is 1. The zero-order valence-corrected chi connectivity index (χ0v) is 14.8. The van der Waals surface area contributed by atoms with Gasteiger partial charge >= 0.3 is 0 Å². The predicted octanol–water partition coefficient (Wildman–Crippen LogP) is 2.76. The lowest BCUT2D eigenvalue weighted by Gasteiger charge is -2.17. The van der Waals surface area contributed by atoms with E-state index in [4.69, 9.17) is 21.7 Å². The van der Waals surface area contributed by atoms with E-state index in [9.17, 15) is 13.6 Å². The van der Waals surface area contributed by atoms with Gasteiger partial charge in [0.15, 0.2) is 11.2 Å². The molecular weight excluding hydrogens is 364 g/mol. The third-order valence-corrected chi connectivity index (χ3v) is 3.41. The largest absolute Gasteiger partial charge is 0.497 e. The maximum absolute atomic E-state index is 13.5. The van der Waals surface area contributed by atoms with E-state index in [0.717, 1.165) is 6.07 Å². The van der Waals surface area contributed by atoms with Crippen LogP contribution in [0.2, 0.25) is 0 Å². The van der Waals surface area contributed by atoms with Crippen LogP contribution >= 0.6 is 12.2 Å². The van der Waals surface area contributed by atoms with Gasteiger partial charge < -0.3 is 14.8 Å². The quantitative estimate of drug-likeness (QED) is 0.547. The molecule has 0 radical (unpaired) electrons. The summed E-state index contributed by atoms with van der Waals surface area (Å²) in [6.07, 6.45) is -0.833. The first-order valence-corrected chi connectivity index (χ1v) is 7.92. The maximum Gasteiger partial charge on any atom is 0.279 e. The first kappa shape index (κ1) is 19.4. The molecule has 0 aromatic heterocycles. The Morgan fingerprint density at radius 2 is 1.85 bits per heavy atom. The third-order valence-electron chi connectivity index (χ3n) is 3.20. The SMILES string of the molecule is COc1cccc(O[C@@H](C)C(=O)NNC(=S)Nc2ccc(F)cc2F)c1. The molecule has 0 aliphatic heterocycles. The van der Waals surface area contributed by atoms with Crippen molar-refractivity contribution in [3.8, 4) is 11.5 Å². The molecule has 0 spiro atoms. The number of carbonyl (C=O) groups excluding carboxylic acids is 1. The second-order valence-corrected chi connectivity index (χ2v) is 5.54. The van der Waals surface area contributed by atoms with Crippen LogP contribution < -0.4 is 25.6 Å². The number of rotatable bonds is 5. The Morgan fingerprint density at radius 1 is 1.12 bits per heavy atom. The Bertz CT molecular complexity index is 805. The van der Waals surface area contributed by atoms with E-state index in [-0.39, 0.29) is 10.8 Å². The van der Waals surface area contributed by atoms with Crippen molar-refractivity contribution in [2.24, 2.45) is 0 Å². The summed E-state index contributed by atoms with van der Waals surface area (Å²) in [6.45, 7) is 1.55. The average Bonchev–Trinajstić information content (AvgIpc) is 2.62. The molecule has 1 atom stereocenters. The van der Waals surface area contributed by atoms with Gasteiger partial charge in [0.05, 0.1) is 12.8 Å². The summed E-state index contributed by atoms with van der Waals surface area (Å²) in [7, 11) is 1.52. The van der Waals surface area contributed by atoms with Crippen molar-refractivity contribution in [1.29, 1.82) is 0 Å². The summed E-state index contributed by atoms with van der Waals surface area (Å²) >= 11 is 4.94. The van der Waals surface area contributed by atoms with E-state index in [1.54, 1.807) is 31.2 Å². The zero-order chi connectivity index (χ0) is 19.1. The smallest absolute Gasteiger partial charge is 0.279 e. The van der Waals surface area contributed by atoms with Crippen molar-refractivity contribution >= 4 is 28.9 Å². The van der Waals surface area contributed by atoms with Gasteiger partial charge in [0.25, 0.3) is 5.91 Å². The van der Waals surface area contributed by atoms with Crippen LogP contribution in [0.5, 0.6) is 11.5 Å². The molecule has 2 aromatic rings. The van der Waals surface area contributed by atoms with Crippen LogP contribution in [-0.4, -0.2) is 24.2 Å². The molecule has 0 aliphatic carbocycles. The van der Waals surface area contributed by atoms with Gasteiger partial charge in [-0.3, -0.25) is 15.6 Å². The van der Waals surface area contributed by atoms with Gasteiger partial charge in [0, 0.05) is 12.1 Å². The number of nitrogens with one attached hydrogen (secondary N) is 3. The first-order valence-electron chi connectivity index (χ1n) is 7.51. The molecule has 0 bridgehead atoms. The monoisotopic (exact) mass is 381 g/mol. The van der Waals surface area contributed by atoms with E-state index >= 15 is 0 Å². The van der Waals surface area contributed by atoms with Gasteiger partial charge in [-0.15, -0.1) is 0 Å². The molecule has 0 heterocycles. The van der Waals surface area contributed by atoms with Crippen LogP contribution in [0, 0.1) is 11.6 Å². The minimum absolute atomic E-state index is 0.0289. The lowest BCUT2D eigenvalue weighted by atomic mass is 10.3. The van der Waals surface area contributed by atoms with Crippen molar-refractivity contribution < 1.29 is 23.0 Å². The van der Waals surface area contributed by atoms with Crippen LogP contribution in [0.3, 0.4) is 0 Å². The summed E-state index contributed by atoms with van der Waals surface area (Å²) in [4.78, 5) is 12.0. The van der Waals surface area contributed by atoms with Gasteiger partial charge in [-0.1, -0.05) is 6.07 Å². The second kappa shape index (κ2) is 8.95. The highest BCUT2D eigenvalue weighted by atomic mass is 32.1.